The Bertz CT molecular complexity index is 505. The van der Waals surface area contributed by atoms with Crippen molar-refractivity contribution in [3.63, 3.8) is 0 Å². The lowest BCUT2D eigenvalue weighted by atomic mass is 10.0. The first-order valence-corrected chi connectivity index (χ1v) is 8.59. The van der Waals surface area contributed by atoms with E-state index in [-0.39, 0.29) is 0 Å². The summed E-state index contributed by atoms with van der Waals surface area (Å²) in [6, 6.07) is 16.3. The van der Waals surface area contributed by atoms with Crippen molar-refractivity contribution in [2.45, 2.75) is 44.7 Å². The van der Waals surface area contributed by atoms with Gasteiger partial charge in [0.15, 0.2) is 0 Å². The average molecular weight is 285 g/mol. The second-order valence-electron chi connectivity index (χ2n) is 5.81. The molecule has 0 radical (unpaired) electrons. The molecule has 1 aromatic carbocycles. The molecule has 1 aromatic heterocycles. The minimum absolute atomic E-state index is 0.358. The molecule has 0 amide bonds. The topological polar surface area (TPSA) is 12.0 Å². The summed E-state index contributed by atoms with van der Waals surface area (Å²) in [7, 11) is 0. The first-order valence-electron chi connectivity index (χ1n) is 7.71. The Morgan fingerprint density at radius 1 is 1.15 bits per heavy atom. The predicted octanol–water partition coefficient (Wildman–Crippen LogP) is 5.01. The van der Waals surface area contributed by atoms with Gasteiger partial charge in [0.25, 0.3) is 0 Å². The summed E-state index contributed by atoms with van der Waals surface area (Å²) in [5.74, 6) is 0.923. The summed E-state index contributed by atoms with van der Waals surface area (Å²) < 4.78 is 0. The quantitative estimate of drug-likeness (QED) is 0.814. The SMILES string of the molecule is CCC1CCC(NC(c2ccccc2)c2cccs2)C1. The molecule has 2 aromatic rings. The molecule has 1 saturated carbocycles. The summed E-state index contributed by atoms with van der Waals surface area (Å²) in [4.78, 5) is 1.43. The molecule has 3 atom stereocenters. The number of rotatable bonds is 5. The standard InChI is InChI=1S/C18H23NS/c1-2-14-10-11-16(13-14)19-18(17-9-6-12-20-17)15-7-4-3-5-8-15/h3-9,12,14,16,18-19H,2,10-11,13H2,1H3. The highest BCUT2D eigenvalue weighted by atomic mass is 32.1. The minimum atomic E-state index is 0.358. The molecular weight excluding hydrogens is 262 g/mol. The van der Waals surface area contributed by atoms with E-state index in [1.54, 1.807) is 0 Å². The van der Waals surface area contributed by atoms with E-state index in [0.717, 1.165) is 5.92 Å². The van der Waals surface area contributed by atoms with E-state index in [2.05, 4.69) is 60.1 Å². The lowest BCUT2D eigenvalue weighted by Crippen LogP contribution is -2.31. The smallest absolute Gasteiger partial charge is 0.0673 e. The summed E-state index contributed by atoms with van der Waals surface area (Å²) >= 11 is 1.85. The van der Waals surface area contributed by atoms with Crippen molar-refractivity contribution < 1.29 is 0 Å². The summed E-state index contributed by atoms with van der Waals surface area (Å²) in [6.45, 7) is 2.32. The van der Waals surface area contributed by atoms with Gasteiger partial charge in [-0.05, 0) is 42.2 Å². The second kappa shape index (κ2) is 6.55. The van der Waals surface area contributed by atoms with Crippen molar-refractivity contribution in [1.29, 1.82) is 0 Å². The van der Waals surface area contributed by atoms with Crippen LogP contribution in [0, 0.1) is 5.92 Å². The highest BCUT2D eigenvalue weighted by Crippen LogP contribution is 2.32. The molecule has 20 heavy (non-hydrogen) atoms. The third-order valence-electron chi connectivity index (χ3n) is 4.48. The molecule has 106 valence electrons. The molecule has 3 unspecified atom stereocenters. The molecule has 1 aliphatic carbocycles. The van der Waals surface area contributed by atoms with Crippen LogP contribution in [0.3, 0.4) is 0 Å². The van der Waals surface area contributed by atoms with Crippen molar-refractivity contribution in [2.24, 2.45) is 5.92 Å². The number of hydrogen-bond acceptors (Lipinski definition) is 2. The summed E-state index contributed by atoms with van der Waals surface area (Å²) in [5.41, 5.74) is 1.38. The Kier molecular flexibility index (Phi) is 4.54. The van der Waals surface area contributed by atoms with Gasteiger partial charge in [-0.25, -0.2) is 0 Å². The maximum Gasteiger partial charge on any atom is 0.0673 e. The molecule has 1 nitrogen and oxygen atoms in total. The van der Waals surface area contributed by atoms with Gasteiger partial charge in [-0.15, -0.1) is 11.3 Å². The van der Waals surface area contributed by atoms with Gasteiger partial charge in [0, 0.05) is 10.9 Å². The van der Waals surface area contributed by atoms with Crippen LogP contribution in [0.5, 0.6) is 0 Å². The Morgan fingerprint density at radius 2 is 2.00 bits per heavy atom. The Hall–Kier alpha value is -1.12. The highest BCUT2D eigenvalue weighted by Gasteiger charge is 2.26. The fourth-order valence-electron chi connectivity index (χ4n) is 3.28. The van der Waals surface area contributed by atoms with E-state index in [1.807, 2.05) is 11.3 Å². The first kappa shape index (κ1) is 13.8. The lowest BCUT2D eigenvalue weighted by molar-refractivity contribution is 0.453. The van der Waals surface area contributed by atoms with Crippen molar-refractivity contribution in [1.82, 2.24) is 5.32 Å². The second-order valence-corrected chi connectivity index (χ2v) is 6.79. The average Bonchev–Trinajstić information content (AvgIpc) is 3.17. The van der Waals surface area contributed by atoms with Gasteiger partial charge in [-0.2, -0.15) is 0 Å². The van der Waals surface area contributed by atoms with Crippen molar-refractivity contribution >= 4 is 11.3 Å². The molecule has 1 N–H and O–H groups in total. The van der Waals surface area contributed by atoms with Crippen LogP contribution in [-0.4, -0.2) is 6.04 Å². The maximum atomic E-state index is 3.91. The van der Waals surface area contributed by atoms with Crippen LogP contribution in [0.25, 0.3) is 0 Å². The monoisotopic (exact) mass is 285 g/mol. The first-order chi connectivity index (χ1) is 9.86. The van der Waals surface area contributed by atoms with Crippen molar-refractivity contribution in [2.75, 3.05) is 0 Å². The largest absolute Gasteiger partial charge is 0.303 e. The van der Waals surface area contributed by atoms with Gasteiger partial charge < -0.3 is 5.32 Å². The van der Waals surface area contributed by atoms with Crippen LogP contribution < -0.4 is 5.32 Å². The van der Waals surface area contributed by atoms with E-state index in [0.29, 0.717) is 12.1 Å². The molecule has 0 bridgehead atoms. The van der Waals surface area contributed by atoms with Gasteiger partial charge in [0.05, 0.1) is 6.04 Å². The van der Waals surface area contributed by atoms with Crippen LogP contribution in [0.15, 0.2) is 47.8 Å². The molecule has 2 heteroatoms. The van der Waals surface area contributed by atoms with E-state index >= 15 is 0 Å². The van der Waals surface area contributed by atoms with E-state index in [9.17, 15) is 0 Å². The molecule has 1 heterocycles. The molecule has 3 rings (SSSR count). The number of thiophene rings is 1. The van der Waals surface area contributed by atoms with Crippen LogP contribution in [0.4, 0.5) is 0 Å². The molecule has 0 aliphatic heterocycles. The van der Waals surface area contributed by atoms with E-state index in [1.165, 1.54) is 36.1 Å². The van der Waals surface area contributed by atoms with Crippen LogP contribution in [0.1, 0.15) is 49.1 Å². The number of hydrogen-bond donors (Lipinski definition) is 1. The Morgan fingerprint density at radius 3 is 2.65 bits per heavy atom. The third-order valence-corrected chi connectivity index (χ3v) is 5.42. The predicted molar refractivity (Wildman–Crippen MR) is 87.2 cm³/mol. The van der Waals surface area contributed by atoms with Crippen molar-refractivity contribution in [3.8, 4) is 0 Å². The summed E-state index contributed by atoms with van der Waals surface area (Å²) in [6.07, 6.45) is 5.38. The zero-order chi connectivity index (χ0) is 13.8. The Labute approximate surface area is 126 Å². The van der Waals surface area contributed by atoms with Gasteiger partial charge in [-0.3, -0.25) is 0 Å². The minimum Gasteiger partial charge on any atom is -0.303 e. The zero-order valence-electron chi connectivity index (χ0n) is 12.1. The Balaban J connectivity index is 1.77. The molecule has 1 fully saturated rings. The van der Waals surface area contributed by atoms with Crippen molar-refractivity contribution in [3.05, 3.63) is 58.3 Å². The fourth-order valence-corrected chi connectivity index (χ4v) is 4.09. The van der Waals surface area contributed by atoms with Gasteiger partial charge in [0.1, 0.15) is 0 Å². The van der Waals surface area contributed by atoms with Crippen LogP contribution in [-0.2, 0) is 0 Å². The normalized spacial score (nSPS) is 23.9. The van der Waals surface area contributed by atoms with E-state index in [4.69, 9.17) is 0 Å². The molecule has 0 spiro atoms. The molecular formula is C18H23NS. The van der Waals surface area contributed by atoms with E-state index < -0.39 is 0 Å². The number of benzene rings is 1. The maximum absolute atomic E-state index is 3.91. The van der Waals surface area contributed by atoms with Gasteiger partial charge in [0.2, 0.25) is 0 Å². The number of nitrogens with one attached hydrogen (secondary N) is 1. The highest BCUT2D eigenvalue weighted by molar-refractivity contribution is 7.10. The molecule has 1 aliphatic rings. The molecule has 0 saturated heterocycles. The van der Waals surface area contributed by atoms with Gasteiger partial charge >= 0.3 is 0 Å². The van der Waals surface area contributed by atoms with Crippen LogP contribution in [0.2, 0.25) is 0 Å². The van der Waals surface area contributed by atoms with Gasteiger partial charge in [-0.1, -0.05) is 49.7 Å². The summed E-state index contributed by atoms with van der Waals surface area (Å²) in [5, 5.41) is 6.09. The lowest BCUT2D eigenvalue weighted by Gasteiger charge is -2.23. The zero-order valence-corrected chi connectivity index (χ0v) is 12.9. The fraction of sp³-hybridized carbons (Fsp3) is 0.444. The third kappa shape index (κ3) is 3.13. The van der Waals surface area contributed by atoms with Crippen LogP contribution >= 0.6 is 11.3 Å².